The van der Waals surface area contributed by atoms with Gasteiger partial charge in [-0.05, 0) is 30.5 Å². The molecule has 0 bridgehead atoms. The number of nitrogens with one attached hydrogen (secondary N) is 1. The van der Waals surface area contributed by atoms with Crippen molar-refractivity contribution >= 4 is 21.6 Å². The number of alkyl halides is 3. The van der Waals surface area contributed by atoms with Gasteiger partial charge in [0.15, 0.2) is 0 Å². The van der Waals surface area contributed by atoms with E-state index in [1.807, 2.05) is 0 Å². The van der Waals surface area contributed by atoms with Crippen molar-refractivity contribution in [2.24, 2.45) is 5.92 Å². The van der Waals surface area contributed by atoms with Crippen molar-refractivity contribution in [3.8, 4) is 0 Å². The van der Waals surface area contributed by atoms with Gasteiger partial charge in [-0.3, -0.25) is 0 Å². The van der Waals surface area contributed by atoms with Gasteiger partial charge in [0.25, 0.3) is 0 Å². The highest BCUT2D eigenvalue weighted by molar-refractivity contribution is 9.10. The maximum Gasteiger partial charge on any atom is 0.416 e. The Morgan fingerprint density at radius 3 is 2.50 bits per heavy atom. The summed E-state index contributed by atoms with van der Waals surface area (Å²) in [4.78, 5) is 0. The first-order chi connectivity index (χ1) is 8.32. The fourth-order valence-electron chi connectivity index (χ4n) is 1.74. The lowest BCUT2D eigenvalue weighted by molar-refractivity contribution is -0.137. The Labute approximate surface area is 114 Å². The molecule has 0 saturated carbocycles. The van der Waals surface area contributed by atoms with Crippen molar-refractivity contribution in [1.29, 1.82) is 0 Å². The van der Waals surface area contributed by atoms with E-state index in [0.29, 0.717) is 22.6 Å². The Balaban J connectivity index is 2.75. The highest BCUT2D eigenvalue weighted by Crippen LogP contribution is 2.33. The molecule has 1 atom stereocenters. The number of hydrogen-bond acceptors (Lipinski definition) is 1. The average Bonchev–Trinajstić information content (AvgIpc) is 2.25. The van der Waals surface area contributed by atoms with E-state index in [2.05, 4.69) is 35.1 Å². The zero-order valence-corrected chi connectivity index (χ0v) is 12.0. The van der Waals surface area contributed by atoms with Crippen LogP contribution in [0.15, 0.2) is 22.7 Å². The van der Waals surface area contributed by atoms with E-state index < -0.39 is 11.7 Å². The number of benzene rings is 1. The zero-order chi connectivity index (χ0) is 13.8. The quantitative estimate of drug-likeness (QED) is 0.773. The molecule has 1 aromatic rings. The van der Waals surface area contributed by atoms with E-state index in [1.165, 1.54) is 0 Å². The van der Waals surface area contributed by atoms with Crippen LogP contribution in [0.25, 0.3) is 0 Å². The second-order valence-electron chi connectivity index (χ2n) is 4.50. The molecular formula is C13H17BrF3N. The Bertz CT molecular complexity index is 390. The van der Waals surface area contributed by atoms with Crippen LogP contribution in [0.4, 0.5) is 18.9 Å². The first kappa shape index (κ1) is 15.3. The van der Waals surface area contributed by atoms with Gasteiger partial charge in [-0.2, -0.15) is 13.2 Å². The molecule has 102 valence electrons. The minimum atomic E-state index is -4.31. The molecule has 0 spiro atoms. The van der Waals surface area contributed by atoms with Gasteiger partial charge in [0, 0.05) is 16.7 Å². The third kappa shape index (κ3) is 4.88. The van der Waals surface area contributed by atoms with Gasteiger partial charge >= 0.3 is 6.18 Å². The van der Waals surface area contributed by atoms with E-state index in [1.54, 1.807) is 6.07 Å². The standard InChI is InChI=1S/C13H17BrF3N/c1-3-4-9(2)8-18-12-6-10(13(15,16)17)5-11(14)7-12/h5-7,9,18H,3-4,8H2,1-2H3. The number of rotatable bonds is 5. The predicted molar refractivity (Wildman–Crippen MR) is 71.7 cm³/mol. The van der Waals surface area contributed by atoms with Crippen molar-refractivity contribution in [2.45, 2.75) is 32.9 Å². The van der Waals surface area contributed by atoms with Crippen molar-refractivity contribution in [2.75, 3.05) is 11.9 Å². The van der Waals surface area contributed by atoms with Crippen molar-refractivity contribution in [3.63, 3.8) is 0 Å². The Hall–Kier alpha value is -0.710. The normalized spacial score (nSPS) is 13.4. The highest BCUT2D eigenvalue weighted by Gasteiger charge is 2.31. The number of halogens is 4. The second-order valence-corrected chi connectivity index (χ2v) is 5.42. The fraction of sp³-hybridized carbons (Fsp3) is 0.538. The lowest BCUT2D eigenvalue weighted by Crippen LogP contribution is -2.12. The smallest absolute Gasteiger partial charge is 0.385 e. The van der Waals surface area contributed by atoms with Crippen LogP contribution in [-0.2, 0) is 6.18 Å². The van der Waals surface area contributed by atoms with Gasteiger partial charge in [-0.1, -0.05) is 36.2 Å². The molecule has 1 N–H and O–H groups in total. The first-order valence-electron chi connectivity index (χ1n) is 5.94. The number of anilines is 1. The summed E-state index contributed by atoms with van der Waals surface area (Å²) in [6, 6.07) is 3.89. The monoisotopic (exact) mass is 323 g/mol. The van der Waals surface area contributed by atoms with Gasteiger partial charge in [-0.15, -0.1) is 0 Å². The summed E-state index contributed by atoms with van der Waals surface area (Å²) in [5.41, 5.74) is -0.137. The summed E-state index contributed by atoms with van der Waals surface area (Å²) in [7, 11) is 0. The summed E-state index contributed by atoms with van der Waals surface area (Å²) >= 11 is 3.10. The fourth-order valence-corrected chi connectivity index (χ4v) is 2.24. The molecule has 18 heavy (non-hydrogen) atoms. The third-order valence-electron chi connectivity index (χ3n) is 2.66. The van der Waals surface area contributed by atoms with Crippen LogP contribution in [0.2, 0.25) is 0 Å². The number of hydrogen-bond donors (Lipinski definition) is 1. The van der Waals surface area contributed by atoms with Gasteiger partial charge in [-0.25, -0.2) is 0 Å². The third-order valence-corrected chi connectivity index (χ3v) is 3.12. The van der Waals surface area contributed by atoms with Gasteiger partial charge < -0.3 is 5.32 Å². The van der Waals surface area contributed by atoms with Crippen LogP contribution < -0.4 is 5.32 Å². The van der Waals surface area contributed by atoms with Crippen molar-refractivity contribution in [1.82, 2.24) is 0 Å². The molecule has 0 fully saturated rings. The minimum Gasteiger partial charge on any atom is -0.385 e. The molecule has 0 aliphatic rings. The molecule has 1 unspecified atom stereocenters. The molecule has 0 saturated heterocycles. The SMILES string of the molecule is CCCC(C)CNc1cc(Br)cc(C(F)(F)F)c1. The average molecular weight is 324 g/mol. The molecule has 1 aromatic carbocycles. The Kier molecular flexibility index (Phi) is 5.50. The van der Waals surface area contributed by atoms with Crippen LogP contribution >= 0.6 is 15.9 Å². The summed E-state index contributed by atoms with van der Waals surface area (Å²) < 4.78 is 38.3. The van der Waals surface area contributed by atoms with Gasteiger partial charge in [0.05, 0.1) is 5.56 Å². The highest BCUT2D eigenvalue weighted by atomic mass is 79.9. The van der Waals surface area contributed by atoms with Gasteiger partial charge in [0.2, 0.25) is 0 Å². The summed E-state index contributed by atoms with van der Waals surface area (Å²) in [6.45, 7) is 4.86. The zero-order valence-electron chi connectivity index (χ0n) is 10.4. The molecular weight excluding hydrogens is 307 g/mol. The molecule has 0 aliphatic heterocycles. The molecule has 1 nitrogen and oxygen atoms in total. The predicted octanol–water partition coefficient (Wildman–Crippen LogP) is 5.32. The van der Waals surface area contributed by atoms with E-state index >= 15 is 0 Å². The molecule has 0 radical (unpaired) electrons. The van der Waals surface area contributed by atoms with E-state index in [-0.39, 0.29) is 0 Å². The minimum absolute atomic E-state index is 0.433. The van der Waals surface area contributed by atoms with E-state index in [4.69, 9.17) is 0 Å². The maximum atomic E-state index is 12.6. The largest absolute Gasteiger partial charge is 0.416 e. The molecule has 1 rings (SSSR count). The van der Waals surface area contributed by atoms with Crippen LogP contribution in [0.1, 0.15) is 32.3 Å². The second kappa shape index (κ2) is 6.45. The molecule has 5 heteroatoms. The summed E-state index contributed by atoms with van der Waals surface area (Å²) in [5.74, 6) is 0.448. The van der Waals surface area contributed by atoms with Crippen molar-refractivity contribution in [3.05, 3.63) is 28.2 Å². The van der Waals surface area contributed by atoms with Crippen LogP contribution in [0, 0.1) is 5.92 Å². The summed E-state index contributed by atoms with van der Waals surface area (Å²) in [5, 5.41) is 3.05. The lowest BCUT2D eigenvalue weighted by atomic mass is 10.1. The topological polar surface area (TPSA) is 12.0 Å². The molecule has 0 aliphatic carbocycles. The summed E-state index contributed by atoms with van der Waals surface area (Å²) in [6.07, 6.45) is -2.17. The van der Waals surface area contributed by atoms with Crippen LogP contribution in [0.5, 0.6) is 0 Å². The van der Waals surface area contributed by atoms with Crippen LogP contribution in [-0.4, -0.2) is 6.54 Å². The van der Waals surface area contributed by atoms with Crippen LogP contribution in [0.3, 0.4) is 0 Å². The van der Waals surface area contributed by atoms with E-state index in [9.17, 15) is 13.2 Å². The maximum absolute atomic E-state index is 12.6. The Morgan fingerprint density at radius 1 is 1.28 bits per heavy atom. The molecule has 0 amide bonds. The van der Waals surface area contributed by atoms with E-state index in [0.717, 1.165) is 25.0 Å². The molecule has 0 heterocycles. The first-order valence-corrected chi connectivity index (χ1v) is 6.74. The van der Waals surface area contributed by atoms with Crippen molar-refractivity contribution < 1.29 is 13.2 Å². The molecule has 0 aromatic heterocycles. The lowest BCUT2D eigenvalue weighted by Gasteiger charge is -2.15. The van der Waals surface area contributed by atoms with Gasteiger partial charge in [0.1, 0.15) is 0 Å². The Morgan fingerprint density at radius 2 is 1.94 bits per heavy atom.